The average Bonchev–Trinajstić information content (AvgIpc) is 2.61. The van der Waals surface area contributed by atoms with Crippen molar-refractivity contribution in [2.24, 2.45) is 0 Å². The number of aliphatic hydroxyl groups excluding tert-OH is 1. The summed E-state index contributed by atoms with van der Waals surface area (Å²) >= 11 is 0. The molecule has 1 aliphatic heterocycles. The molecule has 0 amide bonds. The molecule has 0 fully saturated rings. The zero-order chi connectivity index (χ0) is 11.0. The van der Waals surface area contributed by atoms with Crippen LogP contribution in [-0.4, -0.2) is 11.9 Å². The molecule has 1 aromatic carbocycles. The Hall–Kier alpha value is -1.36. The predicted molar refractivity (Wildman–Crippen MR) is 48.2 cm³/mol. The van der Waals surface area contributed by atoms with Crippen LogP contribution in [0.25, 0.3) is 0 Å². The molecular formula is C10H10F2O3. The van der Waals surface area contributed by atoms with Crippen molar-refractivity contribution in [1.29, 1.82) is 0 Å². The normalized spacial score (nSPS) is 15.8. The lowest BCUT2D eigenvalue weighted by molar-refractivity contribution is 0.140. The summed E-state index contributed by atoms with van der Waals surface area (Å²) in [6, 6.07) is 2.61. The number of hydrogen-bond donors (Lipinski definition) is 1. The maximum absolute atomic E-state index is 12.6. The molecule has 0 saturated carbocycles. The maximum Gasteiger partial charge on any atom is 0.264 e. The van der Waals surface area contributed by atoms with Crippen molar-refractivity contribution in [2.75, 3.05) is 6.79 Å². The minimum absolute atomic E-state index is 0.0290. The fourth-order valence-electron chi connectivity index (χ4n) is 1.52. The second kappa shape index (κ2) is 3.66. The minimum Gasteiger partial charge on any atom is -0.454 e. The molecule has 0 spiro atoms. The highest BCUT2D eigenvalue weighted by molar-refractivity contribution is 5.49. The largest absolute Gasteiger partial charge is 0.454 e. The molecular weight excluding hydrogens is 206 g/mol. The van der Waals surface area contributed by atoms with Gasteiger partial charge in [0.15, 0.2) is 11.5 Å². The summed E-state index contributed by atoms with van der Waals surface area (Å²) in [6.07, 6.45) is -3.59. The summed E-state index contributed by atoms with van der Waals surface area (Å²) in [5, 5.41) is 9.35. The molecule has 5 heteroatoms. The average molecular weight is 216 g/mol. The molecule has 0 aliphatic carbocycles. The molecule has 1 atom stereocenters. The fraction of sp³-hybridized carbons (Fsp3) is 0.400. The van der Waals surface area contributed by atoms with E-state index in [0.717, 1.165) is 0 Å². The second-order valence-corrected chi connectivity index (χ2v) is 3.31. The van der Waals surface area contributed by atoms with Crippen molar-refractivity contribution >= 4 is 0 Å². The smallest absolute Gasteiger partial charge is 0.264 e. The number of hydrogen-bond acceptors (Lipinski definition) is 3. The SMILES string of the molecule is CC(O)c1cc2c(cc1C(F)F)OCO2. The van der Waals surface area contributed by atoms with Crippen molar-refractivity contribution in [3.05, 3.63) is 23.3 Å². The van der Waals surface area contributed by atoms with Crippen molar-refractivity contribution in [1.82, 2.24) is 0 Å². The van der Waals surface area contributed by atoms with E-state index in [1.807, 2.05) is 0 Å². The van der Waals surface area contributed by atoms with E-state index >= 15 is 0 Å². The van der Waals surface area contributed by atoms with Gasteiger partial charge in [-0.05, 0) is 24.6 Å². The van der Waals surface area contributed by atoms with Gasteiger partial charge >= 0.3 is 0 Å². The van der Waals surface area contributed by atoms with Gasteiger partial charge in [0, 0.05) is 5.56 Å². The Balaban J connectivity index is 2.52. The summed E-state index contributed by atoms with van der Waals surface area (Å²) in [4.78, 5) is 0. The number of benzene rings is 1. The molecule has 15 heavy (non-hydrogen) atoms. The lowest BCUT2D eigenvalue weighted by atomic mass is 10.0. The molecule has 2 rings (SSSR count). The number of halogens is 2. The second-order valence-electron chi connectivity index (χ2n) is 3.31. The minimum atomic E-state index is -2.64. The van der Waals surface area contributed by atoms with E-state index in [1.165, 1.54) is 19.1 Å². The first-order valence-electron chi connectivity index (χ1n) is 4.49. The van der Waals surface area contributed by atoms with Crippen molar-refractivity contribution in [2.45, 2.75) is 19.5 Å². The van der Waals surface area contributed by atoms with Gasteiger partial charge in [-0.1, -0.05) is 0 Å². The van der Waals surface area contributed by atoms with Crippen molar-refractivity contribution in [3.8, 4) is 11.5 Å². The third-order valence-corrected chi connectivity index (χ3v) is 2.26. The Morgan fingerprint density at radius 3 is 2.20 bits per heavy atom. The topological polar surface area (TPSA) is 38.7 Å². The van der Waals surface area contributed by atoms with E-state index in [4.69, 9.17) is 9.47 Å². The van der Waals surface area contributed by atoms with E-state index in [0.29, 0.717) is 11.5 Å². The number of rotatable bonds is 2. The maximum atomic E-state index is 12.6. The van der Waals surface area contributed by atoms with Crippen LogP contribution in [0.4, 0.5) is 8.78 Å². The van der Waals surface area contributed by atoms with Crippen LogP contribution in [0.5, 0.6) is 11.5 Å². The van der Waals surface area contributed by atoms with E-state index in [2.05, 4.69) is 0 Å². The Labute approximate surface area is 85.2 Å². The van der Waals surface area contributed by atoms with Gasteiger partial charge in [0.2, 0.25) is 6.79 Å². The van der Waals surface area contributed by atoms with Crippen molar-refractivity contribution < 1.29 is 23.4 Å². The van der Waals surface area contributed by atoms with Gasteiger partial charge in [0.25, 0.3) is 6.43 Å². The number of fused-ring (bicyclic) bond motifs is 1. The number of aliphatic hydroxyl groups is 1. The van der Waals surface area contributed by atoms with Crippen LogP contribution in [0.1, 0.15) is 30.6 Å². The molecule has 0 radical (unpaired) electrons. The van der Waals surface area contributed by atoms with E-state index in [-0.39, 0.29) is 17.9 Å². The molecule has 1 N–H and O–H groups in total. The van der Waals surface area contributed by atoms with Gasteiger partial charge in [-0.25, -0.2) is 8.78 Å². The third kappa shape index (κ3) is 1.74. The highest BCUT2D eigenvalue weighted by atomic mass is 19.3. The molecule has 1 aliphatic rings. The fourth-order valence-corrected chi connectivity index (χ4v) is 1.52. The highest BCUT2D eigenvalue weighted by Crippen LogP contribution is 2.39. The Bertz CT molecular complexity index is 342. The van der Waals surface area contributed by atoms with Gasteiger partial charge in [-0.15, -0.1) is 0 Å². The third-order valence-electron chi connectivity index (χ3n) is 2.26. The Morgan fingerprint density at radius 2 is 1.73 bits per heavy atom. The van der Waals surface area contributed by atoms with Crippen LogP contribution in [0.3, 0.4) is 0 Å². The zero-order valence-corrected chi connectivity index (χ0v) is 8.04. The standard InChI is InChI=1S/C10H10F2O3/c1-5(13)6-2-8-9(15-4-14-8)3-7(6)10(11)12/h2-3,5,10,13H,4H2,1H3. The van der Waals surface area contributed by atoms with Crippen LogP contribution < -0.4 is 9.47 Å². The zero-order valence-electron chi connectivity index (χ0n) is 8.04. The molecule has 0 aromatic heterocycles. The molecule has 82 valence electrons. The first-order valence-corrected chi connectivity index (χ1v) is 4.49. The molecule has 0 bridgehead atoms. The highest BCUT2D eigenvalue weighted by Gasteiger charge is 2.23. The van der Waals surface area contributed by atoms with E-state index < -0.39 is 12.5 Å². The van der Waals surface area contributed by atoms with Crippen molar-refractivity contribution in [3.63, 3.8) is 0 Å². The summed E-state index contributed by atoms with van der Waals surface area (Å²) in [5.41, 5.74) is -0.0384. The molecule has 1 unspecified atom stereocenters. The number of alkyl halides is 2. The predicted octanol–water partition coefficient (Wildman–Crippen LogP) is 2.41. The lowest BCUT2D eigenvalue weighted by Gasteiger charge is -2.12. The molecule has 1 heterocycles. The molecule has 1 aromatic rings. The lowest BCUT2D eigenvalue weighted by Crippen LogP contribution is -1.99. The van der Waals surface area contributed by atoms with Gasteiger partial charge in [0.1, 0.15) is 0 Å². The van der Waals surface area contributed by atoms with Gasteiger partial charge in [0.05, 0.1) is 6.10 Å². The molecule has 0 saturated heterocycles. The van der Waals surface area contributed by atoms with E-state index in [1.54, 1.807) is 0 Å². The molecule has 3 nitrogen and oxygen atoms in total. The van der Waals surface area contributed by atoms with Crippen LogP contribution in [0, 0.1) is 0 Å². The van der Waals surface area contributed by atoms with Gasteiger partial charge in [-0.2, -0.15) is 0 Å². The first-order chi connectivity index (χ1) is 7.09. The summed E-state index contributed by atoms with van der Waals surface area (Å²) in [7, 11) is 0. The summed E-state index contributed by atoms with van der Waals surface area (Å²) in [6.45, 7) is 1.46. The van der Waals surface area contributed by atoms with E-state index in [9.17, 15) is 13.9 Å². The number of ether oxygens (including phenoxy) is 2. The quantitative estimate of drug-likeness (QED) is 0.825. The Kier molecular flexibility index (Phi) is 2.48. The Morgan fingerprint density at radius 1 is 1.20 bits per heavy atom. The van der Waals surface area contributed by atoms with Gasteiger partial charge in [-0.3, -0.25) is 0 Å². The van der Waals surface area contributed by atoms with Crippen LogP contribution in [0.2, 0.25) is 0 Å². The summed E-state index contributed by atoms with van der Waals surface area (Å²) < 4.78 is 35.3. The van der Waals surface area contributed by atoms with Gasteiger partial charge < -0.3 is 14.6 Å². The summed E-state index contributed by atoms with van der Waals surface area (Å²) in [5.74, 6) is 0.699. The first kappa shape index (κ1) is 10.2. The van der Waals surface area contributed by atoms with Crippen LogP contribution in [0.15, 0.2) is 12.1 Å². The van der Waals surface area contributed by atoms with Crippen LogP contribution >= 0.6 is 0 Å². The monoisotopic (exact) mass is 216 g/mol. The van der Waals surface area contributed by atoms with Crippen LogP contribution in [-0.2, 0) is 0 Å².